The zero-order valence-electron chi connectivity index (χ0n) is 21.0. The van der Waals surface area contributed by atoms with Crippen LogP contribution in [0.3, 0.4) is 0 Å². The Morgan fingerprint density at radius 2 is 1.73 bits per heavy atom. The van der Waals surface area contributed by atoms with E-state index in [4.69, 9.17) is 21.1 Å². The minimum atomic E-state index is -4.57. The molecule has 202 valence electrons. The summed E-state index contributed by atoms with van der Waals surface area (Å²) in [5.41, 5.74) is 0.396. The summed E-state index contributed by atoms with van der Waals surface area (Å²) in [5, 5.41) is 4.82. The molecule has 0 aliphatic heterocycles. The fourth-order valence-corrected chi connectivity index (χ4v) is 4.33. The van der Waals surface area contributed by atoms with Crippen molar-refractivity contribution in [3.8, 4) is 22.9 Å². The number of para-hydroxylation sites is 1. The van der Waals surface area contributed by atoms with Gasteiger partial charge in [-0.1, -0.05) is 66.2 Å². The SMILES string of the molecule is COc1cc(C=Nn2c(-c3cccc(C(F)(F)F)c3)nc3ccccc3c2=O)cc(Cl)c1OCc1ccccc1. The van der Waals surface area contributed by atoms with Gasteiger partial charge in [-0.15, -0.1) is 0 Å². The molecular formula is C30H21ClF3N3O3. The molecule has 0 N–H and O–H groups in total. The van der Waals surface area contributed by atoms with Crippen molar-refractivity contribution in [2.75, 3.05) is 7.11 Å². The molecule has 1 aromatic heterocycles. The highest BCUT2D eigenvalue weighted by Gasteiger charge is 2.31. The highest BCUT2D eigenvalue weighted by molar-refractivity contribution is 6.32. The summed E-state index contributed by atoms with van der Waals surface area (Å²) in [5.74, 6) is 0.623. The number of fused-ring (bicyclic) bond motifs is 1. The third-order valence-corrected chi connectivity index (χ3v) is 6.28. The highest BCUT2D eigenvalue weighted by atomic mass is 35.5. The van der Waals surface area contributed by atoms with E-state index in [1.54, 1.807) is 36.4 Å². The summed E-state index contributed by atoms with van der Waals surface area (Å²) in [7, 11) is 1.46. The van der Waals surface area contributed by atoms with Crippen LogP contribution in [0.4, 0.5) is 13.2 Å². The van der Waals surface area contributed by atoms with Gasteiger partial charge >= 0.3 is 6.18 Å². The van der Waals surface area contributed by atoms with Gasteiger partial charge in [0.2, 0.25) is 0 Å². The number of rotatable bonds is 7. The van der Waals surface area contributed by atoms with E-state index in [1.165, 1.54) is 25.5 Å². The van der Waals surface area contributed by atoms with Crippen LogP contribution in [0.2, 0.25) is 5.02 Å². The Hall–Kier alpha value is -4.63. The van der Waals surface area contributed by atoms with Crippen molar-refractivity contribution in [1.29, 1.82) is 0 Å². The van der Waals surface area contributed by atoms with Crippen molar-refractivity contribution in [3.63, 3.8) is 0 Å². The second-order valence-electron chi connectivity index (χ2n) is 8.70. The molecule has 1 heterocycles. The van der Waals surface area contributed by atoms with E-state index < -0.39 is 17.3 Å². The Morgan fingerprint density at radius 1 is 0.975 bits per heavy atom. The van der Waals surface area contributed by atoms with Crippen molar-refractivity contribution in [2.45, 2.75) is 12.8 Å². The fraction of sp³-hybridized carbons (Fsp3) is 0.100. The summed E-state index contributed by atoms with van der Waals surface area (Å²) in [4.78, 5) is 17.9. The van der Waals surface area contributed by atoms with Gasteiger partial charge in [-0.2, -0.15) is 22.9 Å². The van der Waals surface area contributed by atoms with Crippen LogP contribution in [0, 0.1) is 0 Å². The van der Waals surface area contributed by atoms with Crippen molar-refractivity contribution in [3.05, 3.63) is 123 Å². The number of hydrogen-bond donors (Lipinski definition) is 0. The van der Waals surface area contributed by atoms with E-state index in [9.17, 15) is 18.0 Å². The second kappa shape index (κ2) is 11.2. The molecule has 4 aromatic carbocycles. The first kappa shape index (κ1) is 27.0. The topological polar surface area (TPSA) is 65.7 Å². The number of methoxy groups -OCH3 is 1. The summed E-state index contributed by atoms with van der Waals surface area (Å²) < 4.78 is 52.6. The molecule has 0 aliphatic carbocycles. The number of halogens is 4. The molecule has 0 bridgehead atoms. The molecule has 0 unspecified atom stereocenters. The van der Waals surface area contributed by atoms with Crippen LogP contribution in [0.5, 0.6) is 11.5 Å². The number of ether oxygens (including phenoxy) is 2. The van der Waals surface area contributed by atoms with Gasteiger partial charge in [0.25, 0.3) is 5.56 Å². The maximum Gasteiger partial charge on any atom is 0.416 e. The summed E-state index contributed by atoms with van der Waals surface area (Å²) in [6.07, 6.45) is -3.22. The molecule has 0 atom stereocenters. The first-order valence-corrected chi connectivity index (χ1v) is 12.4. The molecule has 0 spiro atoms. The lowest BCUT2D eigenvalue weighted by Crippen LogP contribution is -2.20. The van der Waals surface area contributed by atoms with Crippen LogP contribution in [0.15, 0.2) is 101 Å². The Kier molecular flexibility index (Phi) is 7.57. The van der Waals surface area contributed by atoms with Gasteiger partial charge < -0.3 is 9.47 Å². The van der Waals surface area contributed by atoms with E-state index in [2.05, 4.69) is 10.1 Å². The zero-order chi connectivity index (χ0) is 28.3. The van der Waals surface area contributed by atoms with Gasteiger partial charge in [0.15, 0.2) is 17.3 Å². The lowest BCUT2D eigenvalue weighted by Gasteiger charge is -2.14. The third-order valence-electron chi connectivity index (χ3n) is 6.00. The third kappa shape index (κ3) is 5.69. The van der Waals surface area contributed by atoms with Gasteiger partial charge in [-0.25, -0.2) is 4.98 Å². The quantitative estimate of drug-likeness (QED) is 0.196. The Bertz CT molecular complexity index is 1770. The predicted molar refractivity (Wildman–Crippen MR) is 148 cm³/mol. The molecule has 6 nitrogen and oxygen atoms in total. The van der Waals surface area contributed by atoms with E-state index in [1.807, 2.05) is 30.3 Å². The molecule has 10 heteroatoms. The average Bonchev–Trinajstić information content (AvgIpc) is 2.96. The second-order valence-corrected chi connectivity index (χ2v) is 9.11. The number of nitrogens with zero attached hydrogens (tertiary/aromatic N) is 3. The molecule has 0 amide bonds. The number of aromatic nitrogens is 2. The molecule has 0 aliphatic rings. The van der Waals surface area contributed by atoms with E-state index in [-0.39, 0.29) is 28.4 Å². The van der Waals surface area contributed by atoms with Crippen molar-refractivity contribution in [1.82, 2.24) is 9.66 Å². The van der Waals surface area contributed by atoms with Crippen LogP contribution in [-0.4, -0.2) is 23.0 Å². The van der Waals surface area contributed by atoms with E-state index in [0.29, 0.717) is 22.6 Å². The summed E-state index contributed by atoms with van der Waals surface area (Å²) in [6.45, 7) is 0.267. The molecule has 0 saturated carbocycles. The maximum atomic E-state index is 13.4. The lowest BCUT2D eigenvalue weighted by molar-refractivity contribution is -0.137. The van der Waals surface area contributed by atoms with Crippen molar-refractivity contribution in [2.24, 2.45) is 5.10 Å². The molecule has 5 rings (SSSR count). The molecule has 40 heavy (non-hydrogen) atoms. The fourth-order valence-electron chi connectivity index (χ4n) is 4.06. The van der Waals surface area contributed by atoms with E-state index >= 15 is 0 Å². The Morgan fingerprint density at radius 3 is 2.48 bits per heavy atom. The minimum Gasteiger partial charge on any atom is -0.493 e. The van der Waals surface area contributed by atoms with Crippen molar-refractivity contribution < 1.29 is 22.6 Å². The Balaban J connectivity index is 1.56. The predicted octanol–water partition coefficient (Wildman–Crippen LogP) is 7.21. The first-order valence-electron chi connectivity index (χ1n) is 12.0. The standard InChI is InChI=1S/C30H21ClF3N3O3/c1-39-26-15-20(14-24(31)27(26)40-18-19-8-3-2-4-9-19)17-35-37-28(21-10-7-11-22(16-21)30(32,33)34)36-25-13-6-5-12-23(25)29(37)38/h2-17H,18H2,1H3. The first-order chi connectivity index (χ1) is 19.2. The van der Waals surface area contributed by atoms with Gasteiger partial charge in [-0.3, -0.25) is 4.79 Å². The maximum absolute atomic E-state index is 13.4. The van der Waals surface area contributed by atoms with Crippen LogP contribution < -0.4 is 15.0 Å². The van der Waals surface area contributed by atoms with Crippen LogP contribution in [0.25, 0.3) is 22.3 Å². The number of benzene rings is 4. The van der Waals surface area contributed by atoms with Gasteiger partial charge in [-0.05, 0) is 47.5 Å². The molecule has 5 aromatic rings. The molecule has 0 saturated heterocycles. The minimum absolute atomic E-state index is 0.0491. The molecular weight excluding hydrogens is 543 g/mol. The van der Waals surface area contributed by atoms with Gasteiger partial charge in [0.1, 0.15) is 6.61 Å². The van der Waals surface area contributed by atoms with Crippen LogP contribution in [0.1, 0.15) is 16.7 Å². The van der Waals surface area contributed by atoms with Crippen LogP contribution in [-0.2, 0) is 12.8 Å². The molecule has 0 radical (unpaired) electrons. The monoisotopic (exact) mass is 563 g/mol. The Labute approximate surface area is 231 Å². The van der Waals surface area contributed by atoms with Crippen LogP contribution >= 0.6 is 11.6 Å². The zero-order valence-corrected chi connectivity index (χ0v) is 21.8. The van der Waals surface area contributed by atoms with E-state index in [0.717, 1.165) is 22.4 Å². The number of hydrogen-bond acceptors (Lipinski definition) is 5. The average molecular weight is 564 g/mol. The summed E-state index contributed by atoms with van der Waals surface area (Å²) >= 11 is 6.50. The summed E-state index contributed by atoms with van der Waals surface area (Å²) in [6, 6.07) is 23.9. The largest absolute Gasteiger partial charge is 0.493 e. The van der Waals surface area contributed by atoms with Crippen molar-refractivity contribution >= 4 is 28.7 Å². The van der Waals surface area contributed by atoms with Gasteiger partial charge in [0, 0.05) is 5.56 Å². The van der Waals surface area contributed by atoms with Gasteiger partial charge in [0.05, 0.1) is 34.8 Å². The molecule has 0 fully saturated rings. The normalized spacial score (nSPS) is 11.7. The number of alkyl halides is 3. The highest BCUT2D eigenvalue weighted by Crippen LogP contribution is 2.37. The lowest BCUT2D eigenvalue weighted by atomic mass is 10.1. The smallest absolute Gasteiger partial charge is 0.416 e.